The van der Waals surface area contributed by atoms with Crippen molar-refractivity contribution in [1.29, 1.82) is 0 Å². The molecular weight excluding hydrogens is 357 g/mol. The molecule has 0 bridgehead atoms. The lowest BCUT2D eigenvalue weighted by Gasteiger charge is -2.06. The molecule has 3 rings (SSSR count). The Hall–Kier alpha value is -1.68. The third kappa shape index (κ3) is 2.92. The van der Waals surface area contributed by atoms with Crippen LogP contribution in [0.2, 0.25) is 15.1 Å². The second-order valence-corrected chi connectivity index (χ2v) is 6.52. The zero-order valence-electron chi connectivity index (χ0n) is 12.1. The summed E-state index contributed by atoms with van der Waals surface area (Å²) < 4.78 is 0. The first-order chi connectivity index (χ1) is 10.9. The molecule has 0 fully saturated rings. The van der Waals surface area contributed by atoms with Gasteiger partial charge in [0, 0.05) is 21.0 Å². The van der Waals surface area contributed by atoms with Crippen LogP contribution in [0.25, 0.3) is 22.2 Å². The molecule has 3 aromatic rings. The van der Waals surface area contributed by atoms with E-state index in [1.807, 2.05) is 13.0 Å². The van der Waals surface area contributed by atoms with Gasteiger partial charge in [0.05, 0.1) is 22.7 Å². The lowest BCUT2D eigenvalue weighted by Crippen LogP contribution is -2.01. The Morgan fingerprint density at radius 2 is 1.87 bits per heavy atom. The number of aryl methyl sites for hydroxylation is 1. The number of aliphatic carboxylic acids is 1. The Balaban J connectivity index is 2.34. The molecule has 6 heteroatoms. The van der Waals surface area contributed by atoms with E-state index in [0.717, 1.165) is 16.5 Å². The van der Waals surface area contributed by atoms with Crippen LogP contribution in [-0.2, 0) is 11.2 Å². The Bertz CT molecular complexity index is 931. The normalized spacial score (nSPS) is 11.1. The molecule has 0 aliphatic heterocycles. The standard InChI is InChI=1S/C17H12Cl3NO2/c1-8-13(19)5-4-10-12(7-15(22)23)17(21-16(8)10)11-3-2-9(18)6-14(11)20/h2-6,21H,7H2,1H3,(H,22,23). The van der Waals surface area contributed by atoms with Crippen molar-refractivity contribution in [2.75, 3.05) is 0 Å². The van der Waals surface area contributed by atoms with E-state index in [1.54, 1.807) is 24.3 Å². The van der Waals surface area contributed by atoms with E-state index < -0.39 is 5.97 Å². The quantitative estimate of drug-likeness (QED) is 0.620. The number of fused-ring (bicyclic) bond motifs is 1. The molecule has 118 valence electrons. The van der Waals surface area contributed by atoms with Gasteiger partial charge in [0.25, 0.3) is 0 Å². The third-order valence-electron chi connectivity index (χ3n) is 3.80. The predicted octanol–water partition coefficient (Wildman–Crippen LogP) is 5.73. The summed E-state index contributed by atoms with van der Waals surface area (Å²) in [5.74, 6) is -0.912. The van der Waals surface area contributed by atoms with Gasteiger partial charge in [0.1, 0.15) is 0 Å². The highest BCUT2D eigenvalue weighted by Crippen LogP contribution is 2.38. The van der Waals surface area contributed by atoms with Crippen LogP contribution in [0.15, 0.2) is 30.3 Å². The van der Waals surface area contributed by atoms with E-state index in [0.29, 0.717) is 31.9 Å². The van der Waals surface area contributed by atoms with Crippen LogP contribution in [-0.4, -0.2) is 16.1 Å². The molecule has 0 saturated heterocycles. The first kappa shape index (κ1) is 16.2. The number of carboxylic acids is 1. The Kier molecular flexibility index (Phi) is 4.28. The van der Waals surface area contributed by atoms with Crippen molar-refractivity contribution >= 4 is 51.7 Å². The van der Waals surface area contributed by atoms with Crippen LogP contribution in [0.1, 0.15) is 11.1 Å². The van der Waals surface area contributed by atoms with Gasteiger partial charge in [-0.3, -0.25) is 4.79 Å². The molecule has 1 aromatic heterocycles. The second kappa shape index (κ2) is 6.08. The van der Waals surface area contributed by atoms with Crippen molar-refractivity contribution in [3.05, 3.63) is 56.5 Å². The zero-order chi connectivity index (χ0) is 16.7. The molecule has 0 atom stereocenters. The summed E-state index contributed by atoms with van der Waals surface area (Å²) in [7, 11) is 0. The van der Waals surface area contributed by atoms with E-state index in [2.05, 4.69) is 4.98 Å². The van der Waals surface area contributed by atoms with Crippen LogP contribution >= 0.6 is 34.8 Å². The molecule has 0 radical (unpaired) electrons. The topological polar surface area (TPSA) is 53.1 Å². The van der Waals surface area contributed by atoms with E-state index >= 15 is 0 Å². The Labute approximate surface area is 147 Å². The fourth-order valence-corrected chi connectivity index (χ4v) is 3.35. The Morgan fingerprint density at radius 1 is 1.13 bits per heavy atom. The van der Waals surface area contributed by atoms with Crippen molar-refractivity contribution in [1.82, 2.24) is 4.98 Å². The molecule has 23 heavy (non-hydrogen) atoms. The first-order valence-electron chi connectivity index (χ1n) is 6.85. The highest BCUT2D eigenvalue weighted by atomic mass is 35.5. The molecule has 0 amide bonds. The summed E-state index contributed by atoms with van der Waals surface area (Å²) in [6.45, 7) is 1.89. The van der Waals surface area contributed by atoms with Gasteiger partial charge in [0.15, 0.2) is 0 Å². The molecule has 0 unspecified atom stereocenters. The number of aromatic amines is 1. The summed E-state index contributed by atoms with van der Waals surface area (Å²) in [6.07, 6.45) is -0.116. The van der Waals surface area contributed by atoms with Crippen molar-refractivity contribution < 1.29 is 9.90 Å². The van der Waals surface area contributed by atoms with Crippen LogP contribution in [0.4, 0.5) is 0 Å². The van der Waals surface area contributed by atoms with Gasteiger partial charge in [-0.25, -0.2) is 0 Å². The maximum Gasteiger partial charge on any atom is 0.307 e. The van der Waals surface area contributed by atoms with Gasteiger partial charge in [-0.15, -0.1) is 0 Å². The summed E-state index contributed by atoms with van der Waals surface area (Å²) in [4.78, 5) is 14.6. The highest BCUT2D eigenvalue weighted by molar-refractivity contribution is 6.36. The smallest absolute Gasteiger partial charge is 0.307 e. The van der Waals surface area contributed by atoms with Crippen LogP contribution in [0, 0.1) is 6.92 Å². The summed E-state index contributed by atoms with van der Waals surface area (Å²) in [5, 5.41) is 11.7. The summed E-state index contributed by atoms with van der Waals surface area (Å²) >= 11 is 18.4. The number of carbonyl (C=O) groups is 1. The molecule has 0 spiro atoms. The van der Waals surface area contributed by atoms with Crippen LogP contribution in [0.5, 0.6) is 0 Å². The number of carboxylic acid groups (broad SMARTS) is 1. The molecule has 0 aliphatic rings. The number of halogens is 3. The van der Waals surface area contributed by atoms with Crippen LogP contribution < -0.4 is 0 Å². The lowest BCUT2D eigenvalue weighted by molar-refractivity contribution is -0.136. The minimum absolute atomic E-state index is 0.116. The summed E-state index contributed by atoms with van der Waals surface area (Å²) in [5.41, 5.74) is 3.74. The Morgan fingerprint density at radius 3 is 2.52 bits per heavy atom. The lowest BCUT2D eigenvalue weighted by atomic mass is 10.0. The average molecular weight is 369 g/mol. The number of nitrogens with one attached hydrogen (secondary N) is 1. The number of hydrogen-bond acceptors (Lipinski definition) is 1. The van der Waals surface area contributed by atoms with E-state index in [-0.39, 0.29) is 6.42 Å². The fourth-order valence-electron chi connectivity index (χ4n) is 2.69. The first-order valence-corrected chi connectivity index (χ1v) is 7.98. The molecule has 0 saturated carbocycles. The van der Waals surface area contributed by atoms with E-state index in [9.17, 15) is 9.90 Å². The minimum Gasteiger partial charge on any atom is -0.481 e. The van der Waals surface area contributed by atoms with Gasteiger partial charge in [0.2, 0.25) is 0 Å². The van der Waals surface area contributed by atoms with Gasteiger partial charge in [-0.05, 0) is 42.3 Å². The highest BCUT2D eigenvalue weighted by Gasteiger charge is 2.19. The van der Waals surface area contributed by atoms with Gasteiger partial charge < -0.3 is 10.1 Å². The maximum atomic E-state index is 11.3. The van der Waals surface area contributed by atoms with E-state index in [4.69, 9.17) is 34.8 Å². The minimum atomic E-state index is -0.912. The zero-order valence-corrected chi connectivity index (χ0v) is 14.4. The third-order valence-corrected chi connectivity index (χ3v) is 4.76. The summed E-state index contributed by atoms with van der Waals surface area (Å²) in [6, 6.07) is 8.73. The largest absolute Gasteiger partial charge is 0.481 e. The van der Waals surface area contributed by atoms with Gasteiger partial charge in [-0.1, -0.05) is 40.9 Å². The molecule has 1 heterocycles. The molecular formula is C17H12Cl3NO2. The van der Waals surface area contributed by atoms with Gasteiger partial charge >= 0.3 is 5.97 Å². The number of aromatic nitrogens is 1. The predicted molar refractivity (Wildman–Crippen MR) is 94.8 cm³/mol. The van der Waals surface area contributed by atoms with E-state index in [1.165, 1.54) is 0 Å². The maximum absolute atomic E-state index is 11.3. The fraction of sp³-hybridized carbons (Fsp3) is 0.118. The van der Waals surface area contributed by atoms with Crippen molar-refractivity contribution in [2.24, 2.45) is 0 Å². The number of benzene rings is 2. The van der Waals surface area contributed by atoms with Crippen molar-refractivity contribution in [3.8, 4) is 11.3 Å². The monoisotopic (exact) mass is 367 g/mol. The number of hydrogen-bond donors (Lipinski definition) is 2. The SMILES string of the molecule is Cc1c(Cl)ccc2c(CC(=O)O)c(-c3ccc(Cl)cc3Cl)[nH]c12. The van der Waals surface area contributed by atoms with Crippen molar-refractivity contribution in [2.45, 2.75) is 13.3 Å². The van der Waals surface area contributed by atoms with Crippen molar-refractivity contribution in [3.63, 3.8) is 0 Å². The average Bonchev–Trinajstić information content (AvgIpc) is 2.82. The molecule has 3 nitrogen and oxygen atoms in total. The second-order valence-electron chi connectivity index (χ2n) is 5.27. The van der Waals surface area contributed by atoms with Crippen LogP contribution in [0.3, 0.4) is 0 Å². The molecule has 2 aromatic carbocycles. The van der Waals surface area contributed by atoms with Gasteiger partial charge in [-0.2, -0.15) is 0 Å². The number of H-pyrrole nitrogens is 1. The number of rotatable bonds is 3. The molecule has 2 N–H and O–H groups in total. The molecule has 0 aliphatic carbocycles.